The Hall–Kier alpha value is -0.730. The Morgan fingerprint density at radius 3 is 2.31 bits per heavy atom. The van der Waals surface area contributed by atoms with Crippen LogP contribution in [0.5, 0.6) is 0 Å². The SMILES string of the molecule is C#C[C@@]1(F)C(O)[C@@](F)(COP(=O)(O)OP(=O)(O)OP(=O)(O)O)O[C@H]1n1ccc(=S)[nH]c1=S. The number of H-pyrrole nitrogens is 1. The first-order valence-electron chi connectivity index (χ1n) is 7.65. The lowest BCUT2D eigenvalue weighted by molar-refractivity contribution is -0.204. The summed E-state index contributed by atoms with van der Waals surface area (Å²) in [6.07, 6.45) is 1.12. The predicted molar refractivity (Wildman–Crippen MR) is 103 cm³/mol. The second kappa shape index (κ2) is 9.14. The largest absolute Gasteiger partial charge is 0.490 e. The third-order valence-corrected chi connectivity index (χ3v) is 7.97. The Morgan fingerprint density at radius 2 is 1.81 bits per heavy atom. The summed E-state index contributed by atoms with van der Waals surface area (Å²) in [5, 5.41) is 10.1. The zero-order valence-electron chi connectivity index (χ0n) is 15.0. The first-order chi connectivity index (χ1) is 14.3. The van der Waals surface area contributed by atoms with Crippen LogP contribution in [0.2, 0.25) is 0 Å². The van der Waals surface area contributed by atoms with E-state index in [4.69, 9.17) is 50.3 Å². The van der Waals surface area contributed by atoms with Gasteiger partial charge in [-0.15, -0.1) is 6.42 Å². The molecule has 1 saturated heterocycles. The molecule has 21 heteroatoms. The van der Waals surface area contributed by atoms with E-state index in [0.717, 1.165) is 10.8 Å². The van der Waals surface area contributed by atoms with Gasteiger partial charge in [0.05, 0.1) is 0 Å². The molecule has 180 valence electrons. The van der Waals surface area contributed by atoms with Gasteiger partial charge in [0.25, 0.3) is 5.85 Å². The van der Waals surface area contributed by atoms with Crippen LogP contribution in [0.15, 0.2) is 12.3 Å². The number of alkyl halides is 2. The van der Waals surface area contributed by atoms with Crippen molar-refractivity contribution >= 4 is 47.9 Å². The topological polar surface area (TPSA) is 210 Å². The normalized spacial score (nSPS) is 32.1. The zero-order valence-corrected chi connectivity index (χ0v) is 19.4. The van der Waals surface area contributed by atoms with Crippen LogP contribution in [0.4, 0.5) is 8.78 Å². The van der Waals surface area contributed by atoms with E-state index in [2.05, 4.69) is 18.1 Å². The molecule has 1 aliphatic rings. The van der Waals surface area contributed by atoms with Crippen molar-refractivity contribution in [2.75, 3.05) is 6.61 Å². The van der Waals surface area contributed by atoms with Gasteiger partial charge in [-0.1, -0.05) is 18.1 Å². The molecule has 1 aromatic heterocycles. The Bertz CT molecular complexity index is 1200. The summed E-state index contributed by atoms with van der Waals surface area (Å²) in [4.78, 5) is 37.8. The standard InChI is InChI=1S/C11H13F2N2O12P3S2/c1-2-10(12)7(16)11(13,25-8(10)15-4-3-6(31)14-9(15)32)5-24-29(20,21)27-30(22,23)26-28(17,18)19/h1,3-4,7-8,16H,5H2,(H,20,21)(H,22,23)(H,14,31,32)(H2,17,18,19)/t7?,8-,10-,11-/m1/s1. The number of aliphatic hydroxyl groups excluding tert-OH is 1. The molecular weight excluding hydrogens is 547 g/mol. The first-order valence-corrected chi connectivity index (χ1v) is 13.0. The van der Waals surface area contributed by atoms with Crippen LogP contribution >= 0.6 is 47.9 Å². The number of aromatic nitrogens is 2. The fourth-order valence-corrected chi connectivity index (χ4v) is 5.91. The van der Waals surface area contributed by atoms with Gasteiger partial charge >= 0.3 is 23.5 Å². The van der Waals surface area contributed by atoms with Gasteiger partial charge in [0, 0.05) is 6.20 Å². The van der Waals surface area contributed by atoms with E-state index in [1.54, 1.807) is 0 Å². The number of phosphoric ester groups is 1. The second-order valence-corrected chi connectivity index (χ2v) is 11.2. The molecule has 1 aliphatic heterocycles. The van der Waals surface area contributed by atoms with Crippen molar-refractivity contribution in [2.45, 2.75) is 23.9 Å². The average Bonchev–Trinajstić information content (AvgIpc) is 2.80. The number of ether oxygens (including phenoxy) is 1. The Kier molecular flexibility index (Phi) is 7.86. The maximum atomic E-state index is 15.3. The minimum atomic E-state index is -5.90. The number of rotatable bonds is 8. The van der Waals surface area contributed by atoms with Crippen LogP contribution in [0.1, 0.15) is 6.23 Å². The molecule has 0 spiro atoms. The molecule has 1 fully saturated rings. The number of hydrogen-bond donors (Lipinski definition) is 6. The fourth-order valence-electron chi connectivity index (χ4n) is 2.39. The lowest BCUT2D eigenvalue weighted by Crippen LogP contribution is -2.47. The Balaban J connectivity index is 2.28. The van der Waals surface area contributed by atoms with Crippen LogP contribution in [0, 0.1) is 21.8 Å². The molecule has 0 saturated carbocycles. The molecule has 2 heterocycles. The van der Waals surface area contributed by atoms with Crippen molar-refractivity contribution in [1.29, 1.82) is 0 Å². The first kappa shape index (κ1) is 27.5. The van der Waals surface area contributed by atoms with Crippen LogP contribution in [-0.2, 0) is 31.6 Å². The highest BCUT2D eigenvalue weighted by atomic mass is 32.1. The van der Waals surface area contributed by atoms with Crippen molar-refractivity contribution in [3.63, 3.8) is 0 Å². The summed E-state index contributed by atoms with van der Waals surface area (Å²) in [6.45, 7) is -1.82. The van der Waals surface area contributed by atoms with E-state index in [1.165, 1.54) is 12.0 Å². The molecule has 6 atom stereocenters. The average molecular weight is 560 g/mol. The molecule has 32 heavy (non-hydrogen) atoms. The smallest absolute Gasteiger partial charge is 0.383 e. The molecule has 1 aromatic rings. The lowest BCUT2D eigenvalue weighted by atomic mass is 9.96. The highest BCUT2D eigenvalue weighted by Crippen LogP contribution is 2.66. The molecular formula is C11H13F2N2O12P3S2. The van der Waals surface area contributed by atoms with Crippen molar-refractivity contribution in [3.8, 4) is 12.3 Å². The van der Waals surface area contributed by atoms with Gasteiger partial charge in [0.1, 0.15) is 11.2 Å². The van der Waals surface area contributed by atoms with Crippen LogP contribution in [0.3, 0.4) is 0 Å². The van der Waals surface area contributed by atoms with Crippen LogP contribution < -0.4 is 0 Å². The number of aliphatic hydroxyl groups is 1. The maximum Gasteiger partial charge on any atom is 0.490 e. The second-order valence-electron chi connectivity index (χ2n) is 5.95. The van der Waals surface area contributed by atoms with E-state index >= 15 is 8.78 Å². The number of aromatic amines is 1. The number of nitrogens with zero attached hydrogens (tertiary/aromatic N) is 1. The molecule has 0 bridgehead atoms. The molecule has 6 N–H and O–H groups in total. The summed E-state index contributed by atoms with van der Waals surface area (Å²) in [5.41, 5.74) is -3.32. The van der Waals surface area contributed by atoms with Gasteiger partial charge in [-0.25, -0.2) is 22.5 Å². The number of phosphoric acid groups is 3. The Morgan fingerprint density at radius 1 is 1.22 bits per heavy atom. The number of hydrogen-bond acceptors (Lipinski definition) is 10. The van der Waals surface area contributed by atoms with E-state index in [-0.39, 0.29) is 9.41 Å². The molecule has 0 amide bonds. The monoisotopic (exact) mass is 560 g/mol. The van der Waals surface area contributed by atoms with Gasteiger partial charge in [-0.2, -0.15) is 8.62 Å². The zero-order chi connectivity index (χ0) is 24.8. The quantitative estimate of drug-likeness (QED) is 0.151. The predicted octanol–water partition coefficient (Wildman–Crippen LogP) is 1.52. The van der Waals surface area contributed by atoms with Gasteiger partial charge in [-0.3, -0.25) is 9.09 Å². The van der Waals surface area contributed by atoms with Crippen molar-refractivity contribution in [1.82, 2.24) is 9.55 Å². The number of nitrogens with one attached hydrogen (secondary N) is 1. The van der Waals surface area contributed by atoms with Gasteiger partial charge in [-0.05, 0) is 18.3 Å². The van der Waals surface area contributed by atoms with Crippen molar-refractivity contribution in [2.24, 2.45) is 0 Å². The minimum absolute atomic E-state index is 0.106. The molecule has 3 unspecified atom stereocenters. The number of halogens is 2. The molecule has 14 nitrogen and oxygen atoms in total. The van der Waals surface area contributed by atoms with Crippen LogP contribution in [-0.4, -0.2) is 58.5 Å². The number of terminal acetylenes is 1. The summed E-state index contributed by atoms with van der Waals surface area (Å²) in [5.74, 6) is -2.16. The molecule has 0 radical (unpaired) electrons. The van der Waals surface area contributed by atoms with E-state index in [9.17, 15) is 23.7 Å². The summed E-state index contributed by atoms with van der Waals surface area (Å²) in [6, 6.07) is 1.20. The molecule has 0 aliphatic carbocycles. The van der Waals surface area contributed by atoms with Gasteiger partial charge < -0.3 is 34.4 Å². The summed E-state index contributed by atoms with van der Waals surface area (Å²) in [7, 11) is -17.4. The Labute approximate surface area is 187 Å². The summed E-state index contributed by atoms with van der Waals surface area (Å²) < 4.78 is 80.4. The van der Waals surface area contributed by atoms with Crippen LogP contribution in [0.25, 0.3) is 0 Å². The highest BCUT2D eigenvalue weighted by Gasteiger charge is 2.67. The summed E-state index contributed by atoms with van der Waals surface area (Å²) >= 11 is 9.73. The lowest BCUT2D eigenvalue weighted by Gasteiger charge is -2.25. The molecule has 2 rings (SSSR count). The van der Waals surface area contributed by atoms with Gasteiger partial charge in [0.15, 0.2) is 17.1 Å². The van der Waals surface area contributed by atoms with Gasteiger partial charge in [0.2, 0.25) is 5.67 Å². The third kappa shape index (κ3) is 6.23. The van der Waals surface area contributed by atoms with E-state index in [0.29, 0.717) is 0 Å². The van der Waals surface area contributed by atoms with E-state index in [1.807, 2.05) is 0 Å². The third-order valence-electron chi connectivity index (χ3n) is 3.64. The maximum absolute atomic E-state index is 15.3. The minimum Gasteiger partial charge on any atom is -0.383 e. The fraction of sp³-hybridized carbons (Fsp3) is 0.455. The van der Waals surface area contributed by atoms with Crippen molar-refractivity contribution in [3.05, 3.63) is 21.7 Å². The van der Waals surface area contributed by atoms with E-state index < -0.39 is 53.9 Å². The highest BCUT2D eigenvalue weighted by molar-refractivity contribution is 7.72. The van der Waals surface area contributed by atoms with Crippen molar-refractivity contribution < 1.29 is 65.0 Å². The molecule has 0 aromatic carbocycles.